The first-order valence-electron chi connectivity index (χ1n) is 6.81. The van der Waals surface area contributed by atoms with Gasteiger partial charge in [-0.05, 0) is 0 Å². The number of carboxylic acids is 1. The molecule has 0 saturated carbocycles. The summed E-state index contributed by atoms with van der Waals surface area (Å²) in [6.45, 7) is 1.78. The van der Waals surface area contributed by atoms with Crippen LogP contribution in [0, 0.1) is 6.92 Å². The second-order valence-electron chi connectivity index (χ2n) is 5.10. The van der Waals surface area contributed by atoms with Gasteiger partial charge in [-0.25, -0.2) is 0 Å². The monoisotopic (exact) mass is 380 g/mol. The summed E-state index contributed by atoms with van der Waals surface area (Å²) < 4.78 is 10.7. The molecule has 23 heavy (non-hydrogen) atoms. The first-order valence-corrected chi connectivity index (χ1v) is 8.72. The van der Waals surface area contributed by atoms with E-state index in [4.69, 9.17) is 14.7 Å². The number of aromatic nitrogens is 2. The van der Waals surface area contributed by atoms with E-state index in [2.05, 4.69) is 8.94 Å². The number of ether oxygens (including phenoxy) is 1. The summed E-state index contributed by atoms with van der Waals surface area (Å²) in [6, 6.07) is 0. The fraction of sp³-hybridized carbons (Fsp3) is 0.583. The number of H-pyrrole nitrogens is 1. The number of nitrogens with zero attached hydrogens (tertiary/aromatic N) is 2. The Morgan fingerprint density at radius 2 is 2.39 bits per heavy atom. The Morgan fingerprint density at radius 3 is 3.04 bits per heavy atom. The molecule has 1 aliphatic rings. The number of hydrogen-bond donors (Lipinski definition) is 2. The summed E-state index contributed by atoms with van der Waals surface area (Å²) in [6.07, 6.45) is 1.04. The minimum absolute atomic E-state index is 0.0378. The van der Waals surface area contributed by atoms with Crippen molar-refractivity contribution in [2.45, 2.75) is 31.3 Å². The van der Waals surface area contributed by atoms with E-state index in [0.29, 0.717) is 12.0 Å². The molecule has 1 saturated heterocycles. The second kappa shape index (κ2) is 8.12. The van der Waals surface area contributed by atoms with Gasteiger partial charge >= 0.3 is 141 Å². The normalized spacial score (nSPS) is 24.3. The van der Waals surface area contributed by atoms with Crippen LogP contribution in [0.4, 0.5) is 0 Å². The van der Waals surface area contributed by atoms with Crippen molar-refractivity contribution in [1.29, 1.82) is 0 Å². The standard InChI is InChI=1S/C12H16N3O6P.V/c1-6-3-15(12(19)14-11(6)18)9-2-8(22-5-10(16)17)7(21-9)4-20-13;/h3,7-9,22H,2,4-5H2,1H3,(H,16,17)(H,14,18,19);/t7-,8?,9-;/m1./s1. The second-order valence-corrected chi connectivity index (χ2v) is 6.86. The van der Waals surface area contributed by atoms with Gasteiger partial charge in [0.1, 0.15) is 0 Å². The molecule has 2 N–H and O–H groups in total. The Morgan fingerprint density at radius 1 is 1.65 bits per heavy atom. The summed E-state index contributed by atoms with van der Waals surface area (Å²) in [5.41, 5.74) is -0.636. The van der Waals surface area contributed by atoms with E-state index in [-0.39, 0.29) is 33.1 Å². The van der Waals surface area contributed by atoms with Crippen LogP contribution in [-0.4, -0.2) is 45.2 Å². The van der Waals surface area contributed by atoms with Crippen LogP contribution in [0.1, 0.15) is 18.2 Å². The molecule has 9 nitrogen and oxygen atoms in total. The van der Waals surface area contributed by atoms with Crippen molar-refractivity contribution in [3.05, 3.63) is 32.6 Å². The SMILES string of the molecule is Cc1cn([C@H]2CC(PCC(=O)O)[C@@H](CO[N]=[V])O2)c(=O)[nH]c1=O. The molecule has 1 fully saturated rings. The van der Waals surface area contributed by atoms with E-state index in [0.717, 1.165) is 0 Å². The number of rotatable bonds is 7. The van der Waals surface area contributed by atoms with Gasteiger partial charge in [0.2, 0.25) is 0 Å². The van der Waals surface area contributed by atoms with E-state index < -0.39 is 23.4 Å². The van der Waals surface area contributed by atoms with E-state index in [1.165, 1.54) is 10.8 Å². The van der Waals surface area contributed by atoms with Gasteiger partial charge in [-0.1, -0.05) is 0 Å². The van der Waals surface area contributed by atoms with Crippen LogP contribution < -0.4 is 11.2 Å². The van der Waals surface area contributed by atoms with Crippen molar-refractivity contribution >= 4 is 14.6 Å². The molecule has 0 aliphatic carbocycles. The summed E-state index contributed by atoms with van der Waals surface area (Å²) in [5.74, 6) is -0.875. The molecule has 0 radical (unpaired) electrons. The third kappa shape index (κ3) is 4.68. The summed E-state index contributed by atoms with van der Waals surface area (Å²) >= 11 is 1.93. The first-order chi connectivity index (χ1) is 10.9. The Hall–Kier alpha value is -1.12. The Labute approximate surface area is 141 Å². The van der Waals surface area contributed by atoms with Crippen LogP contribution in [0.25, 0.3) is 0 Å². The number of aryl methyl sites for hydroxylation is 1. The van der Waals surface area contributed by atoms with Gasteiger partial charge in [0.05, 0.1) is 0 Å². The van der Waals surface area contributed by atoms with Gasteiger partial charge in [-0.2, -0.15) is 0 Å². The minimum atomic E-state index is -0.875. The molecule has 1 aromatic rings. The Balaban J connectivity index is 2.19. The molecular weight excluding hydrogens is 364 g/mol. The zero-order valence-electron chi connectivity index (χ0n) is 12.3. The Bertz CT molecular complexity index is 705. The third-order valence-corrected chi connectivity index (χ3v) is 5.32. The van der Waals surface area contributed by atoms with Crippen LogP contribution >= 0.6 is 8.58 Å². The van der Waals surface area contributed by atoms with E-state index in [1.807, 2.05) is 17.2 Å². The number of carboxylic acid groups (broad SMARTS) is 1. The van der Waals surface area contributed by atoms with Crippen LogP contribution in [-0.2, 0) is 31.6 Å². The van der Waals surface area contributed by atoms with Crippen molar-refractivity contribution in [1.82, 2.24) is 9.55 Å². The van der Waals surface area contributed by atoms with Gasteiger partial charge in [-0.3, -0.25) is 0 Å². The molecule has 0 aromatic carbocycles. The molecule has 11 heteroatoms. The molecule has 125 valence electrons. The molecule has 0 spiro atoms. The third-order valence-electron chi connectivity index (χ3n) is 3.50. The van der Waals surface area contributed by atoms with Crippen molar-refractivity contribution in [3.63, 3.8) is 0 Å². The van der Waals surface area contributed by atoms with Gasteiger partial charge < -0.3 is 0 Å². The molecule has 1 aliphatic heterocycles. The van der Waals surface area contributed by atoms with E-state index in [9.17, 15) is 14.4 Å². The fourth-order valence-electron chi connectivity index (χ4n) is 2.40. The molecule has 4 atom stereocenters. The zero-order chi connectivity index (χ0) is 17.0. The van der Waals surface area contributed by atoms with Gasteiger partial charge in [-0.15, -0.1) is 0 Å². The van der Waals surface area contributed by atoms with Crippen LogP contribution in [0.2, 0.25) is 0 Å². The molecule has 2 unspecified atom stereocenters. The zero-order valence-corrected chi connectivity index (χ0v) is 14.7. The molecule has 0 amide bonds. The quantitative estimate of drug-likeness (QED) is 0.504. The topological polar surface area (TPSA) is 123 Å². The number of carbonyl (C=O) groups is 1. The first kappa shape index (κ1) is 18.2. The van der Waals surface area contributed by atoms with E-state index in [1.54, 1.807) is 6.92 Å². The average molecular weight is 380 g/mol. The summed E-state index contributed by atoms with van der Waals surface area (Å²) in [5, 5.41) is 8.85. The van der Waals surface area contributed by atoms with Crippen molar-refractivity contribution in [2.75, 3.05) is 12.8 Å². The molecule has 2 rings (SSSR count). The molecule has 0 bridgehead atoms. The number of aliphatic carboxylic acids is 1. The van der Waals surface area contributed by atoms with Gasteiger partial charge in [0.25, 0.3) is 0 Å². The van der Waals surface area contributed by atoms with Gasteiger partial charge in [0, 0.05) is 0 Å². The number of aromatic amines is 1. The predicted octanol–water partition coefficient (Wildman–Crippen LogP) is -0.0738. The van der Waals surface area contributed by atoms with Crippen LogP contribution in [0.5, 0.6) is 0 Å². The molecule has 1 aromatic heterocycles. The number of nitrogens with one attached hydrogen (secondary N) is 1. The predicted molar refractivity (Wildman–Crippen MR) is 77.6 cm³/mol. The number of hydrogen-bond acceptors (Lipinski definition) is 6. The average Bonchev–Trinajstić information content (AvgIpc) is 2.89. The molecule has 2 heterocycles. The maximum absolute atomic E-state index is 12.0. The fourth-order valence-corrected chi connectivity index (χ4v) is 3.74. The van der Waals surface area contributed by atoms with Crippen molar-refractivity contribution in [2.24, 2.45) is 3.95 Å². The maximum atomic E-state index is 12.0. The van der Waals surface area contributed by atoms with Crippen molar-refractivity contribution < 1.29 is 36.7 Å². The summed E-state index contributed by atoms with van der Waals surface area (Å²) in [7, 11) is 0.142. The van der Waals surface area contributed by atoms with Crippen LogP contribution in [0.15, 0.2) is 19.7 Å². The van der Waals surface area contributed by atoms with Crippen LogP contribution in [0.3, 0.4) is 0 Å². The Kier molecular flexibility index (Phi) is 6.44. The van der Waals surface area contributed by atoms with Crippen molar-refractivity contribution in [3.8, 4) is 0 Å². The molecular formula is C12H16N3O6PV. The van der Waals surface area contributed by atoms with Gasteiger partial charge in [0.15, 0.2) is 0 Å². The summed E-state index contributed by atoms with van der Waals surface area (Å²) in [4.78, 5) is 41.4. The van der Waals surface area contributed by atoms with E-state index >= 15 is 0 Å².